The topological polar surface area (TPSA) is 71.2 Å². The fourth-order valence-electron chi connectivity index (χ4n) is 2.38. The van der Waals surface area contributed by atoms with Gasteiger partial charge in [-0.15, -0.1) is 0 Å². The highest BCUT2D eigenvalue weighted by Crippen LogP contribution is 2.19. The summed E-state index contributed by atoms with van der Waals surface area (Å²) < 4.78 is 5.49. The number of aromatic nitrogens is 1. The second-order valence-electron chi connectivity index (χ2n) is 5.01. The van der Waals surface area contributed by atoms with E-state index in [1.54, 1.807) is 26.0 Å². The molecule has 0 atom stereocenters. The van der Waals surface area contributed by atoms with Gasteiger partial charge in [0.1, 0.15) is 11.4 Å². The minimum absolute atomic E-state index is 0.0572. The van der Waals surface area contributed by atoms with Gasteiger partial charge in [-0.3, -0.25) is 9.59 Å². The molecule has 0 saturated heterocycles. The van der Waals surface area contributed by atoms with Gasteiger partial charge in [0, 0.05) is 17.8 Å². The van der Waals surface area contributed by atoms with Crippen molar-refractivity contribution in [3.05, 3.63) is 52.8 Å². The van der Waals surface area contributed by atoms with E-state index in [2.05, 4.69) is 10.3 Å². The lowest BCUT2D eigenvalue weighted by Crippen LogP contribution is -2.24. The van der Waals surface area contributed by atoms with Crippen molar-refractivity contribution in [1.29, 1.82) is 0 Å². The zero-order valence-electron chi connectivity index (χ0n) is 13.0. The number of H-pyrrole nitrogens is 1. The zero-order chi connectivity index (χ0) is 16.1. The molecule has 22 heavy (non-hydrogen) atoms. The lowest BCUT2D eigenvalue weighted by atomic mass is 10.1. The second-order valence-corrected chi connectivity index (χ2v) is 5.01. The first kappa shape index (κ1) is 15.8. The maximum atomic E-state index is 12.4. The molecule has 1 heterocycles. The Balaban J connectivity index is 2.14. The van der Waals surface area contributed by atoms with Crippen molar-refractivity contribution in [1.82, 2.24) is 10.3 Å². The molecule has 1 aromatic heterocycles. The van der Waals surface area contributed by atoms with E-state index in [9.17, 15) is 9.59 Å². The number of para-hydroxylation sites is 1. The summed E-state index contributed by atoms with van der Waals surface area (Å²) in [6.45, 7) is 5.88. The van der Waals surface area contributed by atoms with Gasteiger partial charge in [0.25, 0.3) is 5.91 Å². The highest BCUT2D eigenvalue weighted by molar-refractivity contribution is 6.04. The van der Waals surface area contributed by atoms with Crippen molar-refractivity contribution in [2.24, 2.45) is 0 Å². The van der Waals surface area contributed by atoms with Gasteiger partial charge in [-0.25, -0.2) is 0 Å². The highest BCUT2D eigenvalue weighted by atomic mass is 16.5. The molecule has 1 aromatic carbocycles. The molecule has 2 aromatic rings. The Bertz CT molecular complexity index is 675. The van der Waals surface area contributed by atoms with Crippen LogP contribution in [-0.2, 0) is 0 Å². The monoisotopic (exact) mass is 300 g/mol. The maximum absolute atomic E-state index is 12.4. The first-order chi connectivity index (χ1) is 10.5. The number of Topliss-reactive ketones (excluding diaryl/α,β-unsaturated/α-hetero) is 1. The number of benzene rings is 1. The zero-order valence-corrected chi connectivity index (χ0v) is 13.0. The smallest absolute Gasteiger partial charge is 0.267 e. The van der Waals surface area contributed by atoms with Crippen LogP contribution in [0.5, 0.6) is 5.75 Å². The van der Waals surface area contributed by atoms with E-state index in [0.29, 0.717) is 34.8 Å². The van der Waals surface area contributed by atoms with E-state index >= 15 is 0 Å². The molecule has 0 aliphatic carbocycles. The number of aryl methyl sites for hydroxylation is 1. The lowest BCUT2D eigenvalue weighted by molar-refractivity contribution is 0.0920. The molecule has 0 radical (unpaired) electrons. The molecular formula is C17H20N2O3. The van der Waals surface area contributed by atoms with Gasteiger partial charge in [-0.2, -0.15) is 0 Å². The average molecular weight is 300 g/mol. The Hall–Kier alpha value is -2.56. The van der Waals surface area contributed by atoms with Crippen molar-refractivity contribution >= 4 is 11.7 Å². The summed E-state index contributed by atoms with van der Waals surface area (Å²) in [4.78, 5) is 27.3. The summed E-state index contributed by atoms with van der Waals surface area (Å²) in [6.07, 6.45) is 0. The van der Waals surface area contributed by atoms with Crippen molar-refractivity contribution < 1.29 is 14.3 Å². The molecular weight excluding hydrogens is 280 g/mol. The third-order valence-electron chi connectivity index (χ3n) is 3.39. The average Bonchev–Trinajstić information content (AvgIpc) is 2.81. The lowest BCUT2D eigenvalue weighted by Gasteiger charge is -2.06. The van der Waals surface area contributed by atoms with Gasteiger partial charge in [0.2, 0.25) is 5.78 Å². The molecule has 0 saturated carbocycles. The largest absolute Gasteiger partial charge is 0.485 e. The molecule has 2 rings (SSSR count). The van der Waals surface area contributed by atoms with Crippen LogP contribution in [-0.4, -0.2) is 29.8 Å². The third-order valence-corrected chi connectivity index (χ3v) is 3.39. The van der Waals surface area contributed by atoms with Gasteiger partial charge in [0.05, 0.1) is 0 Å². The van der Waals surface area contributed by atoms with E-state index < -0.39 is 0 Å². The third kappa shape index (κ3) is 3.36. The first-order valence-electron chi connectivity index (χ1n) is 7.23. The van der Waals surface area contributed by atoms with Crippen molar-refractivity contribution in [2.75, 3.05) is 13.2 Å². The molecule has 0 unspecified atom stereocenters. The van der Waals surface area contributed by atoms with Crippen LogP contribution in [0.15, 0.2) is 30.3 Å². The summed E-state index contributed by atoms with van der Waals surface area (Å²) >= 11 is 0. The molecule has 0 aliphatic heterocycles. The van der Waals surface area contributed by atoms with Gasteiger partial charge in [-0.05, 0) is 38.5 Å². The van der Waals surface area contributed by atoms with Crippen LogP contribution in [0, 0.1) is 13.8 Å². The number of hydrogen-bond acceptors (Lipinski definition) is 3. The predicted octanol–water partition coefficient (Wildman–Crippen LogP) is 2.64. The number of hydrogen-bond donors (Lipinski definition) is 2. The van der Waals surface area contributed by atoms with Crippen molar-refractivity contribution in [3.63, 3.8) is 0 Å². The highest BCUT2D eigenvalue weighted by Gasteiger charge is 2.21. The van der Waals surface area contributed by atoms with Crippen LogP contribution in [0.1, 0.15) is 39.0 Å². The Morgan fingerprint density at radius 2 is 1.86 bits per heavy atom. The van der Waals surface area contributed by atoms with E-state index in [1.807, 2.05) is 25.1 Å². The predicted molar refractivity (Wildman–Crippen MR) is 84.5 cm³/mol. The van der Waals surface area contributed by atoms with Gasteiger partial charge in [0.15, 0.2) is 6.61 Å². The normalized spacial score (nSPS) is 10.3. The quantitative estimate of drug-likeness (QED) is 0.806. The fraction of sp³-hybridized carbons (Fsp3) is 0.294. The van der Waals surface area contributed by atoms with Crippen LogP contribution in [0.2, 0.25) is 0 Å². The van der Waals surface area contributed by atoms with Crippen LogP contribution in [0.25, 0.3) is 0 Å². The van der Waals surface area contributed by atoms with E-state index in [0.717, 1.165) is 0 Å². The number of aromatic amines is 1. The molecule has 0 bridgehead atoms. The Kier molecular flexibility index (Phi) is 4.99. The number of ketones is 1. The van der Waals surface area contributed by atoms with E-state index in [4.69, 9.17) is 4.74 Å². The van der Waals surface area contributed by atoms with Gasteiger partial charge < -0.3 is 15.0 Å². The second kappa shape index (κ2) is 6.93. The number of carbonyl (C=O) groups is 2. The summed E-state index contributed by atoms with van der Waals surface area (Å²) in [7, 11) is 0. The number of carbonyl (C=O) groups excluding carboxylic acids is 2. The Morgan fingerprint density at radius 3 is 2.50 bits per heavy atom. The van der Waals surface area contributed by atoms with Crippen LogP contribution in [0.4, 0.5) is 0 Å². The summed E-state index contributed by atoms with van der Waals surface area (Å²) in [5.41, 5.74) is 2.30. The molecule has 5 heteroatoms. The summed E-state index contributed by atoms with van der Waals surface area (Å²) in [6, 6.07) is 9.17. The number of amides is 1. The van der Waals surface area contributed by atoms with Gasteiger partial charge >= 0.3 is 0 Å². The molecule has 0 spiro atoms. The molecule has 0 aliphatic rings. The SMILES string of the molecule is CCNC(=O)c1[nH]c(C)c(C(=O)COc2ccccc2)c1C. The first-order valence-corrected chi connectivity index (χ1v) is 7.23. The minimum Gasteiger partial charge on any atom is -0.485 e. The van der Waals surface area contributed by atoms with Gasteiger partial charge in [-0.1, -0.05) is 18.2 Å². The van der Waals surface area contributed by atoms with Crippen LogP contribution in [0.3, 0.4) is 0 Å². The fourth-order valence-corrected chi connectivity index (χ4v) is 2.38. The number of ether oxygens (including phenoxy) is 1. The molecule has 5 nitrogen and oxygen atoms in total. The number of nitrogens with one attached hydrogen (secondary N) is 2. The Morgan fingerprint density at radius 1 is 1.18 bits per heavy atom. The van der Waals surface area contributed by atoms with Crippen molar-refractivity contribution in [3.8, 4) is 5.75 Å². The molecule has 0 fully saturated rings. The Labute approximate surface area is 129 Å². The minimum atomic E-state index is -0.203. The molecule has 116 valence electrons. The molecule has 1 amide bonds. The van der Waals surface area contributed by atoms with Crippen LogP contribution >= 0.6 is 0 Å². The van der Waals surface area contributed by atoms with Crippen LogP contribution < -0.4 is 10.1 Å². The van der Waals surface area contributed by atoms with E-state index in [1.165, 1.54) is 0 Å². The standard InChI is InChI=1S/C17H20N2O3/c1-4-18-17(21)16-11(2)15(12(3)19-16)14(20)10-22-13-8-6-5-7-9-13/h5-9,19H,4,10H2,1-3H3,(H,18,21). The summed E-state index contributed by atoms with van der Waals surface area (Å²) in [5.74, 6) is 0.294. The van der Waals surface area contributed by atoms with E-state index in [-0.39, 0.29) is 18.3 Å². The summed E-state index contributed by atoms with van der Waals surface area (Å²) in [5, 5.41) is 2.73. The van der Waals surface area contributed by atoms with Crippen molar-refractivity contribution in [2.45, 2.75) is 20.8 Å². The maximum Gasteiger partial charge on any atom is 0.267 e. The molecule has 2 N–H and O–H groups in total. The number of rotatable bonds is 6.